The molecule has 0 aromatic heterocycles. The van der Waals surface area contributed by atoms with Gasteiger partial charge in [-0.25, -0.2) is 0 Å². The van der Waals surface area contributed by atoms with Crippen molar-refractivity contribution in [3.05, 3.63) is 60.2 Å². The van der Waals surface area contributed by atoms with Crippen molar-refractivity contribution >= 4 is 31.7 Å². The molecule has 1 aliphatic carbocycles. The minimum absolute atomic E-state index is 0.246. The second-order valence-corrected chi connectivity index (χ2v) is 8.97. The lowest BCUT2D eigenvalue weighted by Gasteiger charge is -2.33. The first kappa shape index (κ1) is 21.7. The molecule has 4 rings (SSSR count). The van der Waals surface area contributed by atoms with Crippen LogP contribution in [0.3, 0.4) is 0 Å². The Balaban J connectivity index is 0.000000431. The van der Waals surface area contributed by atoms with Crippen LogP contribution in [0.2, 0.25) is 0 Å². The zero-order chi connectivity index (χ0) is 21.0. The number of fused-ring (bicyclic) bond motifs is 3. The van der Waals surface area contributed by atoms with Crippen molar-refractivity contribution in [3.8, 4) is 0 Å². The van der Waals surface area contributed by atoms with Crippen LogP contribution in [0.1, 0.15) is 24.8 Å². The quantitative estimate of drug-likeness (QED) is 0.386. The van der Waals surface area contributed by atoms with E-state index in [2.05, 4.69) is 59.9 Å². The molecule has 7 heteroatoms. The highest BCUT2D eigenvalue weighted by atomic mass is 32.2. The van der Waals surface area contributed by atoms with Crippen LogP contribution in [0.25, 0.3) is 21.5 Å². The normalized spacial score (nSPS) is 22.3. The third kappa shape index (κ3) is 5.74. The van der Waals surface area contributed by atoms with Crippen molar-refractivity contribution in [3.63, 3.8) is 0 Å². The third-order valence-corrected chi connectivity index (χ3v) is 5.21. The Labute approximate surface area is 170 Å². The summed E-state index contributed by atoms with van der Waals surface area (Å²) in [4.78, 5) is 0. The second kappa shape index (κ2) is 9.19. The first-order valence-electron chi connectivity index (χ1n) is 9.65. The van der Waals surface area contributed by atoms with Crippen molar-refractivity contribution in [1.29, 1.82) is 0 Å². The molecule has 0 saturated heterocycles. The Morgan fingerprint density at radius 1 is 0.931 bits per heavy atom. The van der Waals surface area contributed by atoms with Gasteiger partial charge in [-0.1, -0.05) is 48.5 Å². The SMILES string of the molecule is CS(=O)(=O)O.O[C@@H]1CCC[C@H](O)C1NCc1cc2ccccc2c2ccccc12. The third-order valence-electron chi connectivity index (χ3n) is 5.21. The number of aliphatic hydroxyl groups is 2. The van der Waals surface area contributed by atoms with Gasteiger partial charge in [-0.15, -0.1) is 0 Å². The molecule has 0 spiro atoms. The summed E-state index contributed by atoms with van der Waals surface area (Å²) < 4.78 is 25.9. The average molecular weight is 418 g/mol. The van der Waals surface area contributed by atoms with Crippen molar-refractivity contribution in [2.75, 3.05) is 6.26 Å². The summed E-state index contributed by atoms with van der Waals surface area (Å²) in [5.74, 6) is 0. The van der Waals surface area contributed by atoms with E-state index in [4.69, 9.17) is 4.55 Å². The number of hydrogen-bond acceptors (Lipinski definition) is 5. The summed E-state index contributed by atoms with van der Waals surface area (Å²) in [6.07, 6.45) is 2.17. The summed E-state index contributed by atoms with van der Waals surface area (Å²) in [7, 11) is -3.67. The first-order valence-corrected chi connectivity index (χ1v) is 11.5. The smallest absolute Gasteiger partial charge is 0.261 e. The van der Waals surface area contributed by atoms with Crippen LogP contribution >= 0.6 is 0 Å². The maximum absolute atomic E-state index is 10.2. The molecule has 3 aromatic rings. The van der Waals surface area contributed by atoms with Crippen LogP contribution in [0.5, 0.6) is 0 Å². The molecular formula is C22H27NO5S. The molecule has 0 amide bonds. The van der Waals surface area contributed by atoms with Gasteiger partial charge in [0.25, 0.3) is 10.1 Å². The molecule has 4 N–H and O–H groups in total. The Morgan fingerprint density at radius 3 is 2.07 bits per heavy atom. The lowest BCUT2D eigenvalue weighted by atomic mass is 9.89. The molecule has 156 valence electrons. The van der Waals surface area contributed by atoms with E-state index in [9.17, 15) is 18.6 Å². The van der Waals surface area contributed by atoms with Gasteiger partial charge in [-0.05, 0) is 52.4 Å². The molecule has 6 nitrogen and oxygen atoms in total. The predicted molar refractivity (Wildman–Crippen MR) is 115 cm³/mol. The highest BCUT2D eigenvalue weighted by Crippen LogP contribution is 2.29. The summed E-state index contributed by atoms with van der Waals surface area (Å²) >= 11 is 0. The molecule has 1 fully saturated rings. The zero-order valence-electron chi connectivity index (χ0n) is 16.3. The van der Waals surface area contributed by atoms with Gasteiger partial charge in [0.05, 0.1) is 24.5 Å². The summed E-state index contributed by atoms with van der Waals surface area (Å²) in [5.41, 5.74) is 1.20. The Morgan fingerprint density at radius 2 is 1.45 bits per heavy atom. The summed E-state index contributed by atoms with van der Waals surface area (Å²) in [5, 5.41) is 28.7. The fraction of sp³-hybridized carbons (Fsp3) is 0.364. The van der Waals surface area contributed by atoms with Crippen molar-refractivity contribution < 1.29 is 23.2 Å². The topological polar surface area (TPSA) is 107 Å². The van der Waals surface area contributed by atoms with Gasteiger partial charge in [0.1, 0.15) is 0 Å². The fourth-order valence-electron chi connectivity index (χ4n) is 3.93. The number of nitrogens with one attached hydrogen (secondary N) is 1. The molecular weight excluding hydrogens is 390 g/mol. The molecule has 0 heterocycles. The molecule has 0 aliphatic heterocycles. The number of hydrogen-bond donors (Lipinski definition) is 4. The van der Waals surface area contributed by atoms with Crippen molar-refractivity contribution in [1.82, 2.24) is 5.32 Å². The predicted octanol–water partition coefficient (Wildman–Crippen LogP) is 2.86. The standard InChI is InChI=1S/C21H23NO2.CH4O3S/c23-19-10-5-11-20(24)21(19)22-13-15-12-14-6-1-2-7-16(14)18-9-4-3-8-17(15)18;1-5(2,3)4/h1-4,6-9,12,19-24H,5,10-11,13H2;1H3,(H,2,3,4)/t19-,20+,21?;. The van der Waals surface area contributed by atoms with E-state index in [1.165, 1.54) is 27.1 Å². The van der Waals surface area contributed by atoms with Gasteiger partial charge >= 0.3 is 0 Å². The van der Waals surface area contributed by atoms with Crippen LogP contribution in [0.15, 0.2) is 54.6 Å². The van der Waals surface area contributed by atoms with E-state index in [1.54, 1.807) is 0 Å². The summed E-state index contributed by atoms with van der Waals surface area (Å²) in [6.45, 7) is 0.643. The molecule has 29 heavy (non-hydrogen) atoms. The van der Waals surface area contributed by atoms with Crippen molar-refractivity contribution in [2.24, 2.45) is 0 Å². The van der Waals surface area contributed by atoms with Crippen LogP contribution in [-0.4, -0.2) is 47.7 Å². The minimum Gasteiger partial charge on any atom is -0.391 e. The van der Waals surface area contributed by atoms with Gasteiger partial charge in [0.2, 0.25) is 0 Å². The van der Waals surface area contributed by atoms with E-state index in [-0.39, 0.29) is 6.04 Å². The van der Waals surface area contributed by atoms with Gasteiger partial charge < -0.3 is 15.5 Å². The molecule has 3 aromatic carbocycles. The minimum atomic E-state index is -3.67. The number of aliphatic hydroxyl groups excluding tert-OH is 2. The van der Waals surface area contributed by atoms with Crippen LogP contribution in [-0.2, 0) is 16.7 Å². The lowest BCUT2D eigenvalue weighted by Crippen LogP contribution is -2.50. The molecule has 0 bridgehead atoms. The van der Waals surface area contributed by atoms with E-state index >= 15 is 0 Å². The van der Waals surface area contributed by atoms with E-state index in [0.717, 1.165) is 19.3 Å². The van der Waals surface area contributed by atoms with Gasteiger partial charge in [-0.3, -0.25) is 4.55 Å². The maximum Gasteiger partial charge on any atom is 0.261 e. The van der Waals surface area contributed by atoms with Gasteiger partial charge in [0.15, 0.2) is 0 Å². The van der Waals surface area contributed by atoms with Crippen LogP contribution in [0.4, 0.5) is 0 Å². The highest BCUT2D eigenvalue weighted by Gasteiger charge is 2.30. The van der Waals surface area contributed by atoms with E-state index in [1.807, 2.05) is 0 Å². The monoisotopic (exact) mass is 417 g/mol. The fourth-order valence-corrected chi connectivity index (χ4v) is 3.93. The molecule has 0 radical (unpaired) electrons. The Bertz CT molecular complexity index is 1060. The first-order chi connectivity index (χ1) is 13.7. The number of rotatable bonds is 3. The average Bonchev–Trinajstić information content (AvgIpc) is 2.66. The molecule has 1 saturated carbocycles. The van der Waals surface area contributed by atoms with E-state index in [0.29, 0.717) is 12.8 Å². The van der Waals surface area contributed by atoms with Gasteiger partial charge in [0, 0.05) is 6.54 Å². The van der Waals surface area contributed by atoms with Gasteiger partial charge in [-0.2, -0.15) is 8.42 Å². The zero-order valence-corrected chi connectivity index (χ0v) is 17.1. The maximum atomic E-state index is 10.2. The summed E-state index contributed by atoms with van der Waals surface area (Å²) in [6, 6.07) is 18.8. The van der Waals surface area contributed by atoms with Crippen molar-refractivity contribution in [2.45, 2.75) is 44.1 Å². The van der Waals surface area contributed by atoms with E-state index < -0.39 is 22.3 Å². The molecule has 1 unspecified atom stereocenters. The molecule has 1 aliphatic rings. The highest BCUT2D eigenvalue weighted by molar-refractivity contribution is 7.85. The van der Waals surface area contributed by atoms with Crippen LogP contribution in [0, 0.1) is 0 Å². The van der Waals surface area contributed by atoms with Crippen LogP contribution < -0.4 is 5.32 Å². The largest absolute Gasteiger partial charge is 0.391 e. The Kier molecular flexibility index (Phi) is 6.87. The molecule has 3 atom stereocenters. The second-order valence-electron chi connectivity index (χ2n) is 7.51. The number of benzene rings is 3. The Hall–Kier alpha value is -2.03. The lowest BCUT2D eigenvalue weighted by molar-refractivity contribution is 0.000915.